The van der Waals surface area contributed by atoms with Gasteiger partial charge in [0, 0.05) is 13.5 Å². The maximum absolute atomic E-state index is 12.7. The van der Waals surface area contributed by atoms with Crippen molar-refractivity contribution in [3.8, 4) is 5.69 Å². The van der Waals surface area contributed by atoms with Gasteiger partial charge in [-0.05, 0) is 29.8 Å². The first-order chi connectivity index (χ1) is 14.4. The largest absolute Gasteiger partial charge is 0.406 e. The Bertz CT molecular complexity index is 1180. The van der Waals surface area contributed by atoms with Crippen molar-refractivity contribution in [1.29, 1.82) is 0 Å². The fourth-order valence-electron chi connectivity index (χ4n) is 2.82. The van der Waals surface area contributed by atoms with Crippen LogP contribution in [-0.2, 0) is 16.4 Å². The molecule has 0 radical (unpaired) electrons. The van der Waals surface area contributed by atoms with Crippen LogP contribution in [0.2, 0.25) is 0 Å². The molecule has 0 saturated carbocycles. The van der Waals surface area contributed by atoms with Gasteiger partial charge in [0.2, 0.25) is 15.8 Å². The molecule has 0 aliphatic carbocycles. The Hall–Kier alpha value is -3.25. The summed E-state index contributed by atoms with van der Waals surface area (Å²) in [6.07, 6.45) is -4.33. The molecule has 0 unspecified atom stereocenters. The summed E-state index contributed by atoms with van der Waals surface area (Å²) >= 11 is 0. The molecule has 2 aromatic carbocycles. The zero-order valence-corrected chi connectivity index (χ0v) is 17.1. The second-order valence-electron chi connectivity index (χ2n) is 6.74. The summed E-state index contributed by atoms with van der Waals surface area (Å²) in [5.74, 6) is -1.11. The van der Waals surface area contributed by atoms with Crippen LogP contribution < -0.4 is 5.14 Å². The quantitative estimate of drug-likeness (QED) is 0.615. The van der Waals surface area contributed by atoms with E-state index in [1.54, 1.807) is 12.1 Å². The molecule has 31 heavy (non-hydrogen) atoms. The number of nitrogens with zero attached hydrogens (tertiary/aromatic N) is 4. The van der Waals surface area contributed by atoms with Gasteiger partial charge in [-0.15, -0.1) is 5.10 Å². The normalized spacial score (nSPS) is 12.0. The lowest BCUT2D eigenvalue weighted by atomic mass is 10.1. The summed E-state index contributed by atoms with van der Waals surface area (Å²) in [5.41, 5.74) is 1.20. The molecule has 0 aliphatic rings. The van der Waals surface area contributed by atoms with Crippen LogP contribution in [-0.4, -0.2) is 53.8 Å². The van der Waals surface area contributed by atoms with Gasteiger partial charge < -0.3 is 4.90 Å². The average molecular weight is 453 g/mol. The fraction of sp³-hybridized carbons (Fsp3) is 0.211. The van der Waals surface area contributed by atoms with E-state index >= 15 is 0 Å². The average Bonchev–Trinajstić information content (AvgIpc) is 3.10. The highest BCUT2D eigenvalue weighted by molar-refractivity contribution is 7.89. The van der Waals surface area contributed by atoms with Gasteiger partial charge in [-0.25, -0.2) is 23.2 Å². The van der Waals surface area contributed by atoms with Gasteiger partial charge in [-0.1, -0.05) is 30.3 Å². The van der Waals surface area contributed by atoms with Crippen LogP contribution in [0, 0.1) is 0 Å². The highest BCUT2D eigenvalue weighted by Crippen LogP contribution is 2.19. The number of rotatable bonds is 6. The second kappa shape index (κ2) is 8.47. The smallest absolute Gasteiger partial charge is 0.330 e. The fourth-order valence-corrected chi connectivity index (χ4v) is 3.34. The van der Waals surface area contributed by atoms with Crippen LogP contribution in [0.4, 0.5) is 13.2 Å². The van der Waals surface area contributed by atoms with E-state index in [0.29, 0.717) is 16.4 Å². The molecule has 2 N–H and O–H groups in total. The van der Waals surface area contributed by atoms with Crippen LogP contribution >= 0.6 is 0 Å². The van der Waals surface area contributed by atoms with Crippen molar-refractivity contribution in [2.75, 3.05) is 13.6 Å². The Morgan fingerprint density at radius 1 is 1.10 bits per heavy atom. The first-order valence-electron chi connectivity index (χ1n) is 8.89. The van der Waals surface area contributed by atoms with Crippen molar-refractivity contribution in [3.63, 3.8) is 0 Å². The zero-order chi connectivity index (χ0) is 22.8. The van der Waals surface area contributed by atoms with E-state index in [4.69, 9.17) is 5.14 Å². The molecule has 8 nitrogen and oxygen atoms in total. The molecular formula is C19H18F3N5O3S. The van der Waals surface area contributed by atoms with E-state index in [1.807, 2.05) is 18.2 Å². The van der Waals surface area contributed by atoms with Crippen molar-refractivity contribution in [3.05, 3.63) is 71.8 Å². The van der Waals surface area contributed by atoms with Gasteiger partial charge >= 0.3 is 6.18 Å². The molecule has 0 atom stereocenters. The lowest BCUT2D eigenvalue weighted by Crippen LogP contribution is -2.36. The molecule has 3 aromatic rings. The van der Waals surface area contributed by atoms with Gasteiger partial charge in [-0.2, -0.15) is 13.2 Å². The van der Waals surface area contributed by atoms with E-state index in [9.17, 15) is 26.4 Å². The number of hydrogen-bond donors (Lipinski definition) is 1. The Morgan fingerprint density at radius 2 is 1.71 bits per heavy atom. The molecule has 0 bridgehead atoms. The summed E-state index contributed by atoms with van der Waals surface area (Å²) < 4.78 is 62.2. The molecule has 1 aromatic heterocycles. The van der Waals surface area contributed by atoms with Crippen LogP contribution in [0.3, 0.4) is 0 Å². The van der Waals surface area contributed by atoms with Crippen molar-refractivity contribution < 1.29 is 26.4 Å². The Kier molecular flexibility index (Phi) is 6.13. The number of aromatic nitrogens is 3. The maximum atomic E-state index is 12.7. The predicted molar refractivity (Wildman–Crippen MR) is 105 cm³/mol. The minimum absolute atomic E-state index is 0.123. The number of carbonyl (C=O) groups excluding carboxylic acids is 1. The van der Waals surface area contributed by atoms with Crippen LogP contribution in [0.1, 0.15) is 22.0 Å². The number of carbonyl (C=O) groups is 1. The van der Waals surface area contributed by atoms with E-state index < -0.39 is 34.5 Å². The molecule has 1 amide bonds. The number of halogens is 3. The van der Waals surface area contributed by atoms with Gasteiger partial charge in [0.05, 0.1) is 10.6 Å². The summed E-state index contributed by atoms with van der Waals surface area (Å²) in [7, 11) is -2.90. The molecular weight excluding hydrogens is 435 g/mol. The zero-order valence-electron chi connectivity index (χ0n) is 16.2. The standard InChI is InChI=1S/C19H18F3N5O3S/c1-26(12-19(20,21)22)18(28)17-24-16(11-13-5-3-2-4-6-13)27(25-17)14-7-9-15(10-8-14)31(23,29)30/h2-10H,11-12H2,1H3,(H2,23,29,30). The Morgan fingerprint density at radius 3 is 2.26 bits per heavy atom. The molecule has 164 valence electrons. The van der Waals surface area contributed by atoms with Gasteiger partial charge in [-0.3, -0.25) is 4.79 Å². The number of alkyl halides is 3. The number of amides is 1. The topological polar surface area (TPSA) is 111 Å². The lowest BCUT2D eigenvalue weighted by molar-refractivity contribution is -0.138. The number of nitrogens with two attached hydrogens (primary N) is 1. The van der Waals surface area contributed by atoms with Crippen LogP contribution in [0.15, 0.2) is 59.5 Å². The first-order valence-corrected chi connectivity index (χ1v) is 10.4. The van der Waals surface area contributed by atoms with Crippen LogP contribution in [0.5, 0.6) is 0 Å². The second-order valence-corrected chi connectivity index (χ2v) is 8.30. The molecule has 0 saturated heterocycles. The van der Waals surface area contributed by atoms with E-state index in [-0.39, 0.29) is 11.3 Å². The van der Waals surface area contributed by atoms with Crippen molar-refractivity contribution >= 4 is 15.9 Å². The number of hydrogen-bond acceptors (Lipinski definition) is 5. The lowest BCUT2D eigenvalue weighted by Gasteiger charge is -2.16. The Balaban J connectivity index is 2.01. The number of primary sulfonamides is 1. The summed E-state index contributed by atoms with van der Waals surface area (Å²) in [4.78, 5) is 17.0. The summed E-state index contributed by atoms with van der Waals surface area (Å²) in [6, 6.07) is 14.4. The van der Waals surface area contributed by atoms with Crippen molar-refractivity contribution in [2.45, 2.75) is 17.5 Å². The molecule has 3 rings (SSSR count). The number of benzene rings is 2. The van der Waals surface area contributed by atoms with Gasteiger partial charge in [0.1, 0.15) is 12.4 Å². The minimum atomic E-state index is -4.57. The van der Waals surface area contributed by atoms with Crippen LogP contribution in [0.25, 0.3) is 5.69 Å². The SMILES string of the molecule is CN(CC(F)(F)F)C(=O)c1nc(Cc2ccccc2)n(-c2ccc(S(N)(=O)=O)cc2)n1. The predicted octanol–water partition coefficient (Wildman–Crippen LogP) is 2.14. The summed E-state index contributed by atoms with van der Waals surface area (Å²) in [5, 5.41) is 9.19. The van der Waals surface area contributed by atoms with Gasteiger partial charge in [0.15, 0.2) is 0 Å². The van der Waals surface area contributed by atoms with E-state index in [1.165, 1.54) is 28.9 Å². The molecule has 12 heteroatoms. The molecule has 1 heterocycles. The molecule has 0 spiro atoms. The van der Waals surface area contributed by atoms with Gasteiger partial charge in [0.25, 0.3) is 5.91 Å². The maximum Gasteiger partial charge on any atom is 0.406 e. The van der Waals surface area contributed by atoms with Crippen molar-refractivity contribution in [2.24, 2.45) is 5.14 Å². The number of sulfonamides is 1. The van der Waals surface area contributed by atoms with E-state index in [2.05, 4.69) is 10.1 Å². The van der Waals surface area contributed by atoms with E-state index in [0.717, 1.165) is 12.6 Å². The molecule has 0 fully saturated rings. The highest BCUT2D eigenvalue weighted by Gasteiger charge is 2.33. The summed E-state index contributed by atoms with van der Waals surface area (Å²) in [6.45, 7) is -1.45. The monoisotopic (exact) mass is 453 g/mol. The van der Waals surface area contributed by atoms with Crippen molar-refractivity contribution in [1.82, 2.24) is 19.7 Å². The molecule has 0 aliphatic heterocycles. The minimum Gasteiger partial charge on any atom is -0.330 e. The highest BCUT2D eigenvalue weighted by atomic mass is 32.2. The Labute approximate surface area is 176 Å². The third-order valence-electron chi connectivity index (χ3n) is 4.24. The third-order valence-corrected chi connectivity index (χ3v) is 5.17. The first kappa shape index (κ1) is 22.4. The third kappa shape index (κ3) is 5.67.